The first-order chi connectivity index (χ1) is 7.70. The minimum absolute atomic E-state index is 0.312. The topological polar surface area (TPSA) is 32.3 Å². The zero-order chi connectivity index (χ0) is 11.5. The number of aliphatic hydroxyl groups is 1. The predicted molar refractivity (Wildman–Crippen MR) is 66.5 cm³/mol. The van der Waals surface area contributed by atoms with Crippen LogP contribution in [0, 0.1) is 19.8 Å². The van der Waals surface area contributed by atoms with Gasteiger partial charge in [-0.3, -0.25) is 0 Å². The van der Waals surface area contributed by atoms with Gasteiger partial charge in [0.15, 0.2) is 0 Å². The van der Waals surface area contributed by atoms with E-state index in [0.717, 1.165) is 25.1 Å². The zero-order valence-corrected chi connectivity index (χ0v) is 10.2. The lowest BCUT2D eigenvalue weighted by atomic mass is 9.87. The SMILES string of the molecule is Cc1cccc(C(O)C2CCCNC2)c1C. The summed E-state index contributed by atoms with van der Waals surface area (Å²) in [7, 11) is 0. The van der Waals surface area contributed by atoms with Crippen molar-refractivity contribution in [3.63, 3.8) is 0 Å². The zero-order valence-electron chi connectivity index (χ0n) is 10.2. The van der Waals surface area contributed by atoms with Gasteiger partial charge in [-0.05, 0) is 49.9 Å². The third-order valence-corrected chi connectivity index (χ3v) is 3.75. The van der Waals surface area contributed by atoms with Crippen molar-refractivity contribution in [3.8, 4) is 0 Å². The summed E-state index contributed by atoms with van der Waals surface area (Å²) in [5, 5.41) is 13.8. The summed E-state index contributed by atoms with van der Waals surface area (Å²) in [5.74, 6) is 0.370. The molecule has 2 atom stereocenters. The van der Waals surface area contributed by atoms with Crippen molar-refractivity contribution in [3.05, 3.63) is 34.9 Å². The molecule has 1 aliphatic heterocycles. The number of aliphatic hydroxyl groups excluding tert-OH is 1. The number of hydrogen-bond acceptors (Lipinski definition) is 2. The van der Waals surface area contributed by atoms with Crippen LogP contribution in [-0.2, 0) is 0 Å². The summed E-state index contributed by atoms with van der Waals surface area (Å²) in [4.78, 5) is 0. The number of hydrogen-bond donors (Lipinski definition) is 2. The van der Waals surface area contributed by atoms with Gasteiger partial charge in [-0.25, -0.2) is 0 Å². The second-order valence-electron chi connectivity index (χ2n) is 4.84. The fourth-order valence-electron chi connectivity index (χ4n) is 2.50. The minimum Gasteiger partial charge on any atom is -0.388 e. The van der Waals surface area contributed by atoms with E-state index in [-0.39, 0.29) is 6.10 Å². The van der Waals surface area contributed by atoms with Gasteiger partial charge < -0.3 is 10.4 Å². The molecule has 88 valence electrons. The first kappa shape index (κ1) is 11.6. The molecule has 1 saturated heterocycles. The first-order valence-electron chi connectivity index (χ1n) is 6.15. The molecule has 1 fully saturated rings. The van der Waals surface area contributed by atoms with Crippen LogP contribution in [0.3, 0.4) is 0 Å². The van der Waals surface area contributed by atoms with Crippen LogP contribution >= 0.6 is 0 Å². The van der Waals surface area contributed by atoms with Gasteiger partial charge >= 0.3 is 0 Å². The molecular weight excluding hydrogens is 198 g/mol. The van der Waals surface area contributed by atoms with Crippen molar-refractivity contribution in [1.82, 2.24) is 5.32 Å². The molecule has 1 aromatic carbocycles. The highest BCUT2D eigenvalue weighted by molar-refractivity contribution is 5.34. The van der Waals surface area contributed by atoms with Crippen molar-refractivity contribution in [1.29, 1.82) is 0 Å². The highest BCUT2D eigenvalue weighted by Crippen LogP contribution is 2.30. The van der Waals surface area contributed by atoms with Crippen LogP contribution in [0.4, 0.5) is 0 Å². The molecule has 1 aromatic rings. The Morgan fingerprint density at radius 2 is 2.19 bits per heavy atom. The lowest BCUT2D eigenvalue weighted by Crippen LogP contribution is -2.33. The predicted octanol–water partition coefficient (Wildman–Crippen LogP) is 2.34. The van der Waals surface area contributed by atoms with E-state index in [1.54, 1.807) is 0 Å². The maximum atomic E-state index is 10.4. The van der Waals surface area contributed by atoms with Gasteiger partial charge in [0.1, 0.15) is 0 Å². The van der Waals surface area contributed by atoms with Gasteiger partial charge in [-0.2, -0.15) is 0 Å². The van der Waals surface area contributed by atoms with Crippen molar-refractivity contribution in [2.45, 2.75) is 32.8 Å². The van der Waals surface area contributed by atoms with Gasteiger partial charge in [0.05, 0.1) is 6.10 Å². The molecule has 2 N–H and O–H groups in total. The molecule has 2 rings (SSSR count). The van der Waals surface area contributed by atoms with Crippen LogP contribution in [0.5, 0.6) is 0 Å². The Bertz CT molecular complexity index is 356. The molecule has 1 heterocycles. The lowest BCUT2D eigenvalue weighted by molar-refractivity contribution is 0.0916. The molecule has 16 heavy (non-hydrogen) atoms. The Morgan fingerprint density at radius 3 is 2.88 bits per heavy atom. The molecular formula is C14H21NO. The number of aryl methyl sites for hydroxylation is 1. The van der Waals surface area contributed by atoms with E-state index in [4.69, 9.17) is 0 Å². The van der Waals surface area contributed by atoms with E-state index >= 15 is 0 Å². The monoisotopic (exact) mass is 219 g/mol. The molecule has 2 unspecified atom stereocenters. The summed E-state index contributed by atoms with van der Waals surface area (Å²) in [6, 6.07) is 6.20. The molecule has 1 aliphatic rings. The lowest BCUT2D eigenvalue weighted by Gasteiger charge is -2.28. The highest BCUT2D eigenvalue weighted by Gasteiger charge is 2.24. The highest BCUT2D eigenvalue weighted by atomic mass is 16.3. The molecule has 0 amide bonds. The van der Waals surface area contributed by atoms with Crippen LogP contribution in [0.25, 0.3) is 0 Å². The fraction of sp³-hybridized carbons (Fsp3) is 0.571. The third kappa shape index (κ3) is 2.28. The average Bonchev–Trinajstić information content (AvgIpc) is 2.33. The van der Waals surface area contributed by atoms with Gasteiger partial charge in [-0.1, -0.05) is 18.2 Å². The van der Waals surface area contributed by atoms with Crippen molar-refractivity contribution in [2.24, 2.45) is 5.92 Å². The number of nitrogens with one attached hydrogen (secondary N) is 1. The van der Waals surface area contributed by atoms with Crippen LogP contribution in [0.15, 0.2) is 18.2 Å². The summed E-state index contributed by atoms with van der Waals surface area (Å²) in [5.41, 5.74) is 3.61. The Hall–Kier alpha value is -0.860. The van der Waals surface area contributed by atoms with E-state index < -0.39 is 0 Å². The Morgan fingerprint density at radius 1 is 1.38 bits per heavy atom. The molecule has 0 aliphatic carbocycles. The molecule has 2 nitrogen and oxygen atoms in total. The molecule has 0 aromatic heterocycles. The normalized spacial score (nSPS) is 23.1. The minimum atomic E-state index is -0.312. The van der Waals surface area contributed by atoms with Crippen LogP contribution in [-0.4, -0.2) is 18.2 Å². The van der Waals surface area contributed by atoms with E-state index in [1.165, 1.54) is 17.5 Å². The van der Waals surface area contributed by atoms with Crippen LogP contribution < -0.4 is 5.32 Å². The maximum Gasteiger partial charge on any atom is 0.0832 e. The van der Waals surface area contributed by atoms with E-state index in [2.05, 4.69) is 31.3 Å². The third-order valence-electron chi connectivity index (χ3n) is 3.75. The summed E-state index contributed by atoms with van der Waals surface area (Å²) in [6.07, 6.45) is 1.99. The average molecular weight is 219 g/mol. The number of rotatable bonds is 2. The van der Waals surface area contributed by atoms with Gasteiger partial charge in [0.25, 0.3) is 0 Å². The molecule has 0 spiro atoms. The van der Waals surface area contributed by atoms with Crippen LogP contribution in [0.1, 0.15) is 35.6 Å². The van der Waals surface area contributed by atoms with E-state index in [1.807, 2.05) is 6.07 Å². The van der Waals surface area contributed by atoms with Gasteiger partial charge in [0.2, 0.25) is 0 Å². The first-order valence-corrected chi connectivity index (χ1v) is 6.15. The Kier molecular flexibility index (Phi) is 3.62. The number of piperidine rings is 1. The second kappa shape index (κ2) is 4.98. The van der Waals surface area contributed by atoms with Crippen molar-refractivity contribution < 1.29 is 5.11 Å². The summed E-state index contributed by atoms with van der Waals surface area (Å²) >= 11 is 0. The Labute approximate surface area is 97.7 Å². The largest absolute Gasteiger partial charge is 0.388 e. The molecule has 0 saturated carbocycles. The van der Waals surface area contributed by atoms with Crippen LogP contribution in [0.2, 0.25) is 0 Å². The summed E-state index contributed by atoms with van der Waals surface area (Å²) in [6.45, 7) is 6.24. The van der Waals surface area contributed by atoms with Gasteiger partial charge in [-0.15, -0.1) is 0 Å². The van der Waals surface area contributed by atoms with E-state index in [9.17, 15) is 5.11 Å². The van der Waals surface area contributed by atoms with Gasteiger partial charge in [0, 0.05) is 12.5 Å². The van der Waals surface area contributed by atoms with Crippen molar-refractivity contribution in [2.75, 3.05) is 13.1 Å². The molecule has 0 bridgehead atoms. The smallest absolute Gasteiger partial charge is 0.0832 e. The van der Waals surface area contributed by atoms with Crippen molar-refractivity contribution >= 4 is 0 Å². The maximum absolute atomic E-state index is 10.4. The molecule has 0 radical (unpaired) electrons. The fourth-order valence-corrected chi connectivity index (χ4v) is 2.50. The van der Waals surface area contributed by atoms with E-state index in [0.29, 0.717) is 5.92 Å². The second-order valence-corrected chi connectivity index (χ2v) is 4.84. The number of benzene rings is 1. The molecule has 2 heteroatoms. The standard InChI is InChI=1S/C14H21NO/c1-10-5-3-7-13(11(10)2)14(16)12-6-4-8-15-9-12/h3,5,7,12,14-16H,4,6,8-9H2,1-2H3. The Balaban J connectivity index is 2.19. The summed E-state index contributed by atoms with van der Waals surface area (Å²) < 4.78 is 0. The quantitative estimate of drug-likeness (QED) is 0.800.